The maximum atomic E-state index is 12.9. The summed E-state index contributed by atoms with van der Waals surface area (Å²) in [6, 6.07) is 13.0. The molecule has 3 N–H and O–H groups in total. The second kappa shape index (κ2) is 9.06. The standard InChI is InChI=1S/C19H20FNO.C3H7NO2/c1-12-16-7-6-15(8-17(16)19-10-21-9-18(12)19)22-11-13-2-4-14(20)5-3-13;1-2-4-3(5)6/h2-8,12,18-19,21H,9-11H2,1H3;4H,2H2,1H3,(H,5,6). The Labute approximate surface area is 164 Å². The van der Waals surface area contributed by atoms with Crippen LogP contribution < -0.4 is 15.4 Å². The van der Waals surface area contributed by atoms with Gasteiger partial charge in [0, 0.05) is 19.0 Å². The van der Waals surface area contributed by atoms with E-state index in [0.29, 0.717) is 25.0 Å². The topological polar surface area (TPSA) is 70.6 Å². The van der Waals surface area contributed by atoms with Gasteiger partial charge in [-0.2, -0.15) is 0 Å². The first-order valence-corrected chi connectivity index (χ1v) is 9.68. The first-order valence-electron chi connectivity index (χ1n) is 9.68. The molecule has 1 fully saturated rings. The molecule has 28 heavy (non-hydrogen) atoms. The highest BCUT2D eigenvalue weighted by atomic mass is 19.1. The van der Waals surface area contributed by atoms with Crippen molar-refractivity contribution in [1.29, 1.82) is 0 Å². The molecule has 4 rings (SSSR count). The Balaban J connectivity index is 0.000000330. The Bertz CT molecular complexity index is 810. The number of nitrogens with one attached hydrogen (secondary N) is 2. The molecule has 0 saturated carbocycles. The van der Waals surface area contributed by atoms with Gasteiger partial charge in [0.25, 0.3) is 0 Å². The smallest absolute Gasteiger partial charge is 0.404 e. The van der Waals surface area contributed by atoms with Crippen LogP contribution in [0.3, 0.4) is 0 Å². The molecule has 2 aromatic rings. The zero-order valence-electron chi connectivity index (χ0n) is 16.2. The summed E-state index contributed by atoms with van der Waals surface area (Å²) >= 11 is 0. The molecule has 5 nitrogen and oxygen atoms in total. The first-order chi connectivity index (χ1) is 13.5. The van der Waals surface area contributed by atoms with Crippen LogP contribution in [0.4, 0.5) is 9.18 Å². The summed E-state index contributed by atoms with van der Waals surface area (Å²) in [5.41, 5.74) is 3.90. The van der Waals surface area contributed by atoms with Crippen molar-refractivity contribution in [3.05, 3.63) is 65.0 Å². The molecular weight excluding hydrogens is 359 g/mol. The SMILES string of the molecule is CC1c2ccc(OCc3ccc(F)cc3)cc2C2CNCC12.CCNC(=O)O. The van der Waals surface area contributed by atoms with Crippen LogP contribution in [-0.2, 0) is 6.61 Å². The van der Waals surface area contributed by atoms with E-state index in [4.69, 9.17) is 9.84 Å². The molecule has 0 bridgehead atoms. The van der Waals surface area contributed by atoms with Crippen LogP contribution in [0, 0.1) is 11.7 Å². The fraction of sp³-hybridized carbons (Fsp3) is 0.409. The minimum atomic E-state index is -0.961. The summed E-state index contributed by atoms with van der Waals surface area (Å²) in [6.45, 7) is 7.20. The van der Waals surface area contributed by atoms with Crippen LogP contribution in [0.2, 0.25) is 0 Å². The molecule has 0 aromatic heterocycles. The molecule has 6 heteroatoms. The number of halogens is 1. The lowest BCUT2D eigenvalue weighted by Gasteiger charge is -2.12. The Morgan fingerprint density at radius 2 is 1.96 bits per heavy atom. The van der Waals surface area contributed by atoms with Gasteiger partial charge in [-0.25, -0.2) is 9.18 Å². The maximum absolute atomic E-state index is 12.9. The van der Waals surface area contributed by atoms with E-state index in [-0.39, 0.29) is 5.82 Å². The number of hydrogen-bond donors (Lipinski definition) is 3. The molecule has 1 aliphatic heterocycles. The zero-order valence-corrected chi connectivity index (χ0v) is 16.2. The second-order valence-corrected chi connectivity index (χ2v) is 7.26. The van der Waals surface area contributed by atoms with Gasteiger partial charge in [-0.3, -0.25) is 0 Å². The van der Waals surface area contributed by atoms with E-state index >= 15 is 0 Å². The highest BCUT2D eigenvalue weighted by molar-refractivity contribution is 5.64. The molecule has 3 unspecified atom stereocenters. The summed E-state index contributed by atoms with van der Waals surface area (Å²) in [5, 5.41) is 13.4. The molecule has 1 heterocycles. The lowest BCUT2D eigenvalue weighted by atomic mass is 9.91. The van der Waals surface area contributed by atoms with Crippen molar-refractivity contribution in [1.82, 2.24) is 10.6 Å². The number of benzene rings is 2. The summed E-state index contributed by atoms with van der Waals surface area (Å²) in [6.07, 6.45) is -0.961. The van der Waals surface area contributed by atoms with E-state index < -0.39 is 6.09 Å². The quantitative estimate of drug-likeness (QED) is 0.740. The minimum absolute atomic E-state index is 0.213. The first kappa shape index (κ1) is 20.1. The predicted octanol–water partition coefficient (Wildman–Crippen LogP) is 4.10. The van der Waals surface area contributed by atoms with Crippen molar-refractivity contribution in [2.75, 3.05) is 19.6 Å². The third kappa shape index (κ3) is 4.62. The fourth-order valence-corrected chi connectivity index (χ4v) is 4.07. The molecule has 150 valence electrons. The van der Waals surface area contributed by atoms with Crippen molar-refractivity contribution in [3.63, 3.8) is 0 Å². The van der Waals surface area contributed by atoms with Gasteiger partial charge in [0.05, 0.1) is 0 Å². The van der Waals surface area contributed by atoms with Crippen LogP contribution in [0.25, 0.3) is 0 Å². The molecule has 1 amide bonds. The fourth-order valence-electron chi connectivity index (χ4n) is 4.07. The van der Waals surface area contributed by atoms with Crippen LogP contribution in [-0.4, -0.2) is 30.8 Å². The average Bonchev–Trinajstić information content (AvgIpc) is 3.25. The number of hydrogen-bond acceptors (Lipinski definition) is 3. The van der Waals surface area contributed by atoms with Crippen molar-refractivity contribution >= 4 is 6.09 Å². The number of rotatable bonds is 4. The van der Waals surface area contributed by atoms with Crippen molar-refractivity contribution < 1.29 is 19.0 Å². The van der Waals surface area contributed by atoms with E-state index in [9.17, 15) is 9.18 Å². The maximum Gasteiger partial charge on any atom is 0.404 e. The van der Waals surface area contributed by atoms with E-state index in [1.807, 2.05) is 0 Å². The third-order valence-corrected chi connectivity index (χ3v) is 5.50. The number of fused-ring (bicyclic) bond motifs is 3. The van der Waals surface area contributed by atoms with E-state index in [1.54, 1.807) is 19.1 Å². The summed E-state index contributed by atoms with van der Waals surface area (Å²) in [4.78, 5) is 9.49. The van der Waals surface area contributed by atoms with Crippen LogP contribution >= 0.6 is 0 Å². The zero-order chi connectivity index (χ0) is 20.1. The summed E-state index contributed by atoms with van der Waals surface area (Å²) in [7, 11) is 0. The highest BCUT2D eigenvalue weighted by Crippen LogP contribution is 2.48. The van der Waals surface area contributed by atoms with Gasteiger partial charge in [-0.15, -0.1) is 0 Å². The Hall–Kier alpha value is -2.60. The number of carboxylic acid groups (broad SMARTS) is 1. The summed E-state index contributed by atoms with van der Waals surface area (Å²) < 4.78 is 18.8. The summed E-state index contributed by atoms with van der Waals surface area (Å²) in [5.74, 6) is 2.67. The molecular formula is C22H27FN2O3. The average molecular weight is 386 g/mol. The van der Waals surface area contributed by atoms with Gasteiger partial charge in [-0.05, 0) is 66.3 Å². The number of amides is 1. The second-order valence-electron chi connectivity index (χ2n) is 7.26. The Kier molecular flexibility index (Phi) is 6.52. The molecule has 1 saturated heterocycles. The van der Waals surface area contributed by atoms with Crippen molar-refractivity contribution in [2.45, 2.75) is 32.3 Å². The van der Waals surface area contributed by atoms with E-state index in [1.165, 1.54) is 23.3 Å². The monoisotopic (exact) mass is 386 g/mol. The highest BCUT2D eigenvalue weighted by Gasteiger charge is 2.41. The molecule has 3 atom stereocenters. The third-order valence-electron chi connectivity index (χ3n) is 5.50. The largest absolute Gasteiger partial charge is 0.489 e. The van der Waals surface area contributed by atoms with Gasteiger partial charge in [0.2, 0.25) is 0 Å². The van der Waals surface area contributed by atoms with Gasteiger partial charge in [0.1, 0.15) is 18.2 Å². The van der Waals surface area contributed by atoms with Crippen molar-refractivity contribution in [3.8, 4) is 5.75 Å². The molecule has 0 radical (unpaired) electrons. The number of ether oxygens (including phenoxy) is 1. The molecule has 0 spiro atoms. The number of carbonyl (C=O) groups is 1. The van der Waals surface area contributed by atoms with Gasteiger partial charge >= 0.3 is 6.09 Å². The van der Waals surface area contributed by atoms with Crippen LogP contribution in [0.1, 0.15) is 42.4 Å². The Morgan fingerprint density at radius 1 is 1.21 bits per heavy atom. The molecule has 2 aliphatic rings. The Morgan fingerprint density at radius 3 is 2.61 bits per heavy atom. The predicted molar refractivity (Wildman–Crippen MR) is 106 cm³/mol. The van der Waals surface area contributed by atoms with Crippen molar-refractivity contribution in [2.24, 2.45) is 5.92 Å². The van der Waals surface area contributed by atoms with E-state index in [2.05, 4.69) is 35.8 Å². The molecule has 2 aromatic carbocycles. The van der Waals surface area contributed by atoms with Crippen LogP contribution in [0.15, 0.2) is 42.5 Å². The minimum Gasteiger partial charge on any atom is -0.489 e. The molecule has 1 aliphatic carbocycles. The van der Waals surface area contributed by atoms with Gasteiger partial charge in [0.15, 0.2) is 0 Å². The lowest BCUT2D eigenvalue weighted by Crippen LogP contribution is -2.19. The lowest BCUT2D eigenvalue weighted by molar-refractivity contribution is 0.195. The normalized spacial score (nSPS) is 21.9. The van der Waals surface area contributed by atoms with Crippen LogP contribution in [0.5, 0.6) is 5.75 Å². The van der Waals surface area contributed by atoms with Gasteiger partial charge in [-0.1, -0.05) is 25.1 Å². The van der Waals surface area contributed by atoms with Gasteiger partial charge < -0.3 is 20.5 Å². The van der Waals surface area contributed by atoms with E-state index in [0.717, 1.165) is 30.3 Å².